The van der Waals surface area contributed by atoms with Crippen LogP contribution < -0.4 is 0 Å². The number of hydrogen-bond donors (Lipinski definition) is 0. The molecule has 0 spiro atoms. The molecule has 0 aliphatic carbocycles. The van der Waals surface area contributed by atoms with Crippen molar-refractivity contribution in [2.45, 2.75) is 19.6 Å². The Hall–Kier alpha value is -2.63. The van der Waals surface area contributed by atoms with E-state index in [9.17, 15) is 22.4 Å². The van der Waals surface area contributed by atoms with E-state index in [0.29, 0.717) is 5.52 Å². The lowest BCUT2D eigenvalue weighted by molar-refractivity contribution is -0.0884. The number of Topliss-reactive ketones (excluding diaryl/α,β-unsaturated/α-hetero) is 1. The molecule has 24 heavy (non-hydrogen) atoms. The maximum Gasteiger partial charge on any atom is 0.454 e. The van der Waals surface area contributed by atoms with Crippen molar-refractivity contribution in [3.05, 3.63) is 71.2 Å². The average molecular weight is 335 g/mol. The van der Waals surface area contributed by atoms with Crippen LogP contribution in [0.15, 0.2) is 48.5 Å². The van der Waals surface area contributed by atoms with Gasteiger partial charge in [0.05, 0.1) is 5.56 Å². The normalized spacial score (nSPS) is 11.9. The Morgan fingerprint density at radius 3 is 2.29 bits per heavy atom. The summed E-state index contributed by atoms with van der Waals surface area (Å²) in [6.45, 7) is 1.74. The number of carbonyl (C=O) groups is 1. The number of nitrogens with zero attached hydrogens (tertiary/aromatic N) is 1. The van der Waals surface area contributed by atoms with Gasteiger partial charge in [-0.15, -0.1) is 0 Å². The van der Waals surface area contributed by atoms with Crippen molar-refractivity contribution in [1.82, 2.24) is 4.57 Å². The van der Waals surface area contributed by atoms with Gasteiger partial charge < -0.3 is 4.57 Å². The third-order valence-electron chi connectivity index (χ3n) is 3.97. The first-order valence-corrected chi connectivity index (χ1v) is 7.23. The monoisotopic (exact) mass is 335 g/mol. The number of rotatable bonds is 3. The summed E-state index contributed by atoms with van der Waals surface area (Å²) in [6.07, 6.45) is -4.93. The van der Waals surface area contributed by atoms with Gasteiger partial charge in [-0.3, -0.25) is 4.79 Å². The first kappa shape index (κ1) is 16.2. The second kappa shape index (κ2) is 5.78. The van der Waals surface area contributed by atoms with E-state index in [-0.39, 0.29) is 29.0 Å². The molecular formula is C18H13F4NO. The van der Waals surface area contributed by atoms with Crippen LogP contribution in [0.25, 0.3) is 10.9 Å². The lowest BCUT2D eigenvalue weighted by atomic mass is 10.1. The highest BCUT2D eigenvalue weighted by Gasteiger charge is 2.42. The number of fused-ring (bicyclic) bond motifs is 1. The molecule has 0 saturated heterocycles. The first-order chi connectivity index (χ1) is 11.3. The van der Waals surface area contributed by atoms with Crippen LogP contribution in [-0.2, 0) is 6.54 Å². The van der Waals surface area contributed by atoms with E-state index in [2.05, 4.69) is 0 Å². The van der Waals surface area contributed by atoms with Crippen LogP contribution in [0.5, 0.6) is 0 Å². The fraction of sp³-hybridized carbons (Fsp3) is 0.167. The van der Waals surface area contributed by atoms with Gasteiger partial charge in [0, 0.05) is 23.1 Å². The molecule has 0 unspecified atom stereocenters. The highest BCUT2D eigenvalue weighted by molar-refractivity contribution is 6.12. The van der Waals surface area contributed by atoms with Gasteiger partial charge >= 0.3 is 6.18 Å². The van der Waals surface area contributed by atoms with E-state index in [0.717, 1.165) is 5.56 Å². The molecule has 0 amide bonds. The molecule has 2 nitrogen and oxygen atoms in total. The van der Waals surface area contributed by atoms with Crippen molar-refractivity contribution in [1.29, 1.82) is 0 Å². The topological polar surface area (TPSA) is 22.0 Å². The largest absolute Gasteiger partial charge is 0.454 e. The molecule has 0 fully saturated rings. The molecule has 0 aliphatic rings. The average Bonchev–Trinajstić information content (AvgIpc) is 2.80. The van der Waals surface area contributed by atoms with Crippen molar-refractivity contribution >= 4 is 16.7 Å². The molecule has 1 heterocycles. The highest BCUT2D eigenvalue weighted by atomic mass is 19.4. The molecule has 0 aliphatic heterocycles. The Balaban J connectivity index is 2.17. The number of halogens is 4. The van der Waals surface area contributed by atoms with Crippen molar-refractivity contribution in [3.8, 4) is 0 Å². The summed E-state index contributed by atoms with van der Waals surface area (Å²) in [7, 11) is 0. The zero-order chi connectivity index (χ0) is 17.5. The summed E-state index contributed by atoms with van der Waals surface area (Å²) < 4.78 is 53.4. The quantitative estimate of drug-likeness (QED) is 0.494. The van der Waals surface area contributed by atoms with Crippen LogP contribution in [0.1, 0.15) is 21.6 Å². The molecule has 0 saturated carbocycles. The highest BCUT2D eigenvalue weighted by Crippen LogP contribution is 2.32. The van der Waals surface area contributed by atoms with Crippen LogP contribution in [0.3, 0.4) is 0 Å². The summed E-state index contributed by atoms with van der Waals surface area (Å²) in [6, 6.07) is 12.2. The minimum Gasteiger partial charge on any atom is -0.340 e. The molecule has 3 aromatic rings. The van der Waals surface area contributed by atoms with Crippen LogP contribution in [0, 0.1) is 12.7 Å². The molecule has 0 bridgehead atoms. The molecule has 6 heteroatoms. The molecule has 124 valence electrons. The molecule has 3 rings (SSSR count). The van der Waals surface area contributed by atoms with Crippen LogP contribution >= 0.6 is 0 Å². The SMILES string of the molecule is Cc1c(C(=O)C(F)(F)F)c2ccccc2n1Cc1ccc(F)cc1. The van der Waals surface area contributed by atoms with Crippen LogP contribution in [0.2, 0.25) is 0 Å². The zero-order valence-electron chi connectivity index (χ0n) is 12.7. The Labute approximate surface area is 135 Å². The molecule has 2 aromatic carbocycles. The summed E-state index contributed by atoms with van der Waals surface area (Å²) >= 11 is 0. The van der Waals surface area contributed by atoms with E-state index in [1.165, 1.54) is 25.1 Å². The minimum absolute atomic E-state index is 0.239. The summed E-state index contributed by atoms with van der Waals surface area (Å²) in [5.41, 5.74) is 1.17. The second-order valence-electron chi connectivity index (χ2n) is 5.52. The Kier molecular flexibility index (Phi) is 3.91. The fourth-order valence-electron chi connectivity index (χ4n) is 2.84. The predicted octanol–water partition coefficient (Wildman–Crippen LogP) is 4.88. The number of para-hydroxylation sites is 1. The second-order valence-corrected chi connectivity index (χ2v) is 5.52. The van der Waals surface area contributed by atoms with Gasteiger partial charge in [-0.25, -0.2) is 4.39 Å². The van der Waals surface area contributed by atoms with Crippen molar-refractivity contribution in [2.24, 2.45) is 0 Å². The number of ketones is 1. The van der Waals surface area contributed by atoms with Gasteiger partial charge in [0.15, 0.2) is 0 Å². The Morgan fingerprint density at radius 1 is 1.04 bits per heavy atom. The molecular weight excluding hydrogens is 322 g/mol. The van der Waals surface area contributed by atoms with Crippen molar-refractivity contribution < 1.29 is 22.4 Å². The standard InChI is InChI=1S/C18H13F4NO/c1-11-16(17(24)18(20,21)22)14-4-2-3-5-15(14)23(11)10-12-6-8-13(19)9-7-12/h2-9H,10H2,1H3. The Morgan fingerprint density at radius 2 is 1.67 bits per heavy atom. The van der Waals surface area contributed by atoms with E-state index >= 15 is 0 Å². The van der Waals surface area contributed by atoms with Crippen LogP contribution in [-0.4, -0.2) is 16.5 Å². The van der Waals surface area contributed by atoms with Crippen molar-refractivity contribution in [2.75, 3.05) is 0 Å². The summed E-state index contributed by atoms with van der Waals surface area (Å²) in [5.74, 6) is -2.24. The van der Waals surface area contributed by atoms with Crippen LogP contribution in [0.4, 0.5) is 17.6 Å². The van der Waals surface area contributed by atoms with Gasteiger partial charge in [0.2, 0.25) is 0 Å². The number of alkyl halides is 3. The molecule has 1 aromatic heterocycles. The van der Waals surface area contributed by atoms with Gasteiger partial charge in [-0.1, -0.05) is 30.3 Å². The van der Waals surface area contributed by atoms with Gasteiger partial charge in [0.25, 0.3) is 5.78 Å². The zero-order valence-corrected chi connectivity index (χ0v) is 12.7. The van der Waals surface area contributed by atoms with Gasteiger partial charge in [0.1, 0.15) is 5.82 Å². The lowest BCUT2D eigenvalue weighted by Gasteiger charge is -2.09. The smallest absolute Gasteiger partial charge is 0.340 e. The molecule has 0 atom stereocenters. The third kappa shape index (κ3) is 2.79. The lowest BCUT2D eigenvalue weighted by Crippen LogP contribution is -2.23. The molecule has 0 radical (unpaired) electrons. The number of hydrogen-bond acceptors (Lipinski definition) is 1. The van der Waals surface area contributed by atoms with Gasteiger partial charge in [-0.2, -0.15) is 13.2 Å². The van der Waals surface area contributed by atoms with E-state index in [4.69, 9.17) is 0 Å². The number of benzene rings is 2. The fourth-order valence-corrected chi connectivity index (χ4v) is 2.84. The summed E-state index contributed by atoms with van der Waals surface area (Å²) in [5, 5.41) is 0.263. The first-order valence-electron chi connectivity index (χ1n) is 7.23. The number of carbonyl (C=O) groups excluding carboxylic acids is 1. The van der Waals surface area contributed by atoms with E-state index in [1.807, 2.05) is 0 Å². The maximum atomic E-state index is 13.0. The third-order valence-corrected chi connectivity index (χ3v) is 3.97. The van der Waals surface area contributed by atoms with Gasteiger partial charge in [-0.05, 0) is 30.7 Å². The summed E-state index contributed by atoms with van der Waals surface area (Å²) in [4.78, 5) is 11.8. The van der Waals surface area contributed by atoms with E-state index in [1.54, 1.807) is 34.9 Å². The maximum absolute atomic E-state index is 13.0. The predicted molar refractivity (Wildman–Crippen MR) is 82.6 cm³/mol. The Bertz CT molecular complexity index is 907. The number of aromatic nitrogens is 1. The van der Waals surface area contributed by atoms with E-state index < -0.39 is 12.0 Å². The van der Waals surface area contributed by atoms with Crippen molar-refractivity contribution in [3.63, 3.8) is 0 Å². The molecule has 0 N–H and O–H groups in total. The minimum atomic E-state index is -4.93.